The first-order chi connectivity index (χ1) is 9.04. The van der Waals surface area contributed by atoms with E-state index in [0.29, 0.717) is 11.6 Å². The molecule has 1 aliphatic rings. The van der Waals surface area contributed by atoms with Crippen LogP contribution in [-0.2, 0) is 0 Å². The minimum Gasteiger partial charge on any atom is -0.508 e. The molecule has 0 heterocycles. The van der Waals surface area contributed by atoms with Crippen LogP contribution in [0.15, 0.2) is 18.2 Å². The van der Waals surface area contributed by atoms with Gasteiger partial charge in [-0.15, -0.1) is 0 Å². The van der Waals surface area contributed by atoms with Gasteiger partial charge in [0.2, 0.25) is 0 Å². The van der Waals surface area contributed by atoms with Gasteiger partial charge in [0.15, 0.2) is 0 Å². The molecule has 2 atom stereocenters. The molecule has 2 unspecified atom stereocenters. The highest BCUT2D eigenvalue weighted by Gasteiger charge is 2.22. The second kappa shape index (κ2) is 5.82. The molecule has 104 valence electrons. The van der Waals surface area contributed by atoms with E-state index in [-0.39, 0.29) is 23.6 Å². The number of carbonyl (C=O) groups excluding carboxylic acids is 1. The number of carbonyl (C=O) groups is 1. The molecule has 5 heteroatoms. The monoisotopic (exact) mass is 264 g/mol. The first-order valence-corrected chi connectivity index (χ1v) is 6.65. The predicted octanol–water partition coefficient (Wildman–Crippen LogP) is 2.80. The molecule has 1 aliphatic carbocycles. The van der Waals surface area contributed by atoms with Gasteiger partial charge < -0.3 is 20.8 Å². The number of nitrogens with one attached hydrogen (secondary N) is 2. The Kier molecular flexibility index (Phi) is 4.14. The van der Waals surface area contributed by atoms with Crippen LogP contribution in [0.1, 0.15) is 32.6 Å². The van der Waals surface area contributed by atoms with Crippen molar-refractivity contribution in [3.05, 3.63) is 18.2 Å². The summed E-state index contributed by atoms with van der Waals surface area (Å²) in [5.41, 5.74) is 0.374. The van der Waals surface area contributed by atoms with E-state index in [9.17, 15) is 15.0 Å². The molecule has 1 fully saturated rings. The Hall–Kier alpha value is -1.91. The topological polar surface area (TPSA) is 81.6 Å². The average molecular weight is 264 g/mol. The Morgan fingerprint density at radius 3 is 2.42 bits per heavy atom. The summed E-state index contributed by atoms with van der Waals surface area (Å²) < 4.78 is 0. The fourth-order valence-electron chi connectivity index (χ4n) is 2.53. The summed E-state index contributed by atoms with van der Waals surface area (Å²) >= 11 is 0. The predicted molar refractivity (Wildman–Crippen MR) is 73.3 cm³/mol. The largest absolute Gasteiger partial charge is 0.508 e. The van der Waals surface area contributed by atoms with Crippen LogP contribution in [0.2, 0.25) is 0 Å². The number of hydrogen-bond acceptors (Lipinski definition) is 3. The van der Waals surface area contributed by atoms with Crippen LogP contribution >= 0.6 is 0 Å². The molecule has 0 saturated heterocycles. The lowest BCUT2D eigenvalue weighted by atomic mass is 9.86. The fraction of sp³-hybridized carbons (Fsp3) is 0.500. The van der Waals surface area contributed by atoms with Gasteiger partial charge in [0.05, 0.1) is 0 Å². The van der Waals surface area contributed by atoms with Gasteiger partial charge in [0.25, 0.3) is 0 Å². The van der Waals surface area contributed by atoms with E-state index in [1.54, 1.807) is 0 Å². The van der Waals surface area contributed by atoms with E-state index in [1.807, 2.05) is 0 Å². The summed E-state index contributed by atoms with van der Waals surface area (Å²) in [5, 5.41) is 24.2. The van der Waals surface area contributed by atoms with E-state index in [4.69, 9.17) is 0 Å². The van der Waals surface area contributed by atoms with Crippen molar-refractivity contribution in [3.63, 3.8) is 0 Å². The lowest BCUT2D eigenvalue weighted by Gasteiger charge is -2.29. The van der Waals surface area contributed by atoms with Crippen molar-refractivity contribution in [2.24, 2.45) is 5.92 Å². The summed E-state index contributed by atoms with van der Waals surface area (Å²) in [6.45, 7) is 2.14. The number of benzene rings is 1. The molecule has 1 aromatic rings. The van der Waals surface area contributed by atoms with Crippen molar-refractivity contribution in [2.45, 2.75) is 38.6 Å². The van der Waals surface area contributed by atoms with Crippen molar-refractivity contribution >= 4 is 11.7 Å². The lowest BCUT2D eigenvalue weighted by molar-refractivity contribution is 0.232. The molecule has 1 aromatic carbocycles. The minimum atomic E-state index is -0.302. The quantitative estimate of drug-likeness (QED) is 0.663. The van der Waals surface area contributed by atoms with Gasteiger partial charge in [-0.3, -0.25) is 0 Å². The SMILES string of the molecule is CC1CCCCC1NC(=O)Nc1cc(O)cc(O)c1. The molecule has 4 N–H and O–H groups in total. The van der Waals surface area contributed by atoms with E-state index in [0.717, 1.165) is 19.3 Å². The molecule has 5 nitrogen and oxygen atoms in total. The van der Waals surface area contributed by atoms with Crippen molar-refractivity contribution in [3.8, 4) is 11.5 Å². The normalized spacial score (nSPS) is 22.8. The maximum absolute atomic E-state index is 11.9. The van der Waals surface area contributed by atoms with Crippen LogP contribution in [0.25, 0.3) is 0 Å². The molecule has 0 spiro atoms. The Morgan fingerprint density at radius 2 is 1.79 bits per heavy atom. The van der Waals surface area contributed by atoms with E-state index >= 15 is 0 Å². The third-order valence-electron chi connectivity index (χ3n) is 3.59. The van der Waals surface area contributed by atoms with Crippen LogP contribution in [0.4, 0.5) is 10.5 Å². The zero-order valence-corrected chi connectivity index (χ0v) is 11.0. The third kappa shape index (κ3) is 3.77. The molecule has 19 heavy (non-hydrogen) atoms. The highest BCUT2D eigenvalue weighted by Crippen LogP contribution is 2.25. The van der Waals surface area contributed by atoms with Crippen molar-refractivity contribution in [2.75, 3.05) is 5.32 Å². The maximum atomic E-state index is 11.9. The molecule has 2 rings (SSSR count). The summed E-state index contributed by atoms with van der Waals surface area (Å²) in [7, 11) is 0. The van der Waals surface area contributed by atoms with Crippen molar-refractivity contribution < 1.29 is 15.0 Å². The molecule has 0 radical (unpaired) electrons. The molecule has 0 aromatic heterocycles. The first-order valence-electron chi connectivity index (χ1n) is 6.65. The Morgan fingerprint density at radius 1 is 1.16 bits per heavy atom. The van der Waals surface area contributed by atoms with Gasteiger partial charge >= 0.3 is 6.03 Å². The average Bonchev–Trinajstić information content (AvgIpc) is 2.30. The number of phenols is 2. The Labute approximate surface area is 112 Å². The number of hydrogen-bond donors (Lipinski definition) is 4. The number of phenolic OH excluding ortho intramolecular Hbond substituents is 2. The van der Waals surface area contributed by atoms with E-state index in [1.165, 1.54) is 24.6 Å². The van der Waals surface area contributed by atoms with Crippen LogP contribution in [-0.4, -0.2) is 22.3 Å². The minimum absolute atomic E-state index is 0.0821. The Bertz CT molecular complexity index is 442. The smallest absolute Gasteiger partial charge is 0.319 e. The zero-order chi connectivity index (χ0) is 13.8. The molecule has 0 aliphatic heterocycles. The number of urea groups is 1. The number of aromatic hydroxyl groups is 2. The molecule has 1 saturated carbocycles. The summed E-state index contributed by atoms with van der Waals surface area (Å²) in [5.74, 6) is 0.319. The summed E-state index contributed by atoms with van der Waals surface area (Å²) in [6.07, 6.45) is 4.50. The number of rotatable bonds is 2. The lowest BCUT2D eigenvalue weighted by Crippen LogP contribution is -2.43. The van der Waals surface area contributed by atoms with Crippen molar-refractivity contribution in [1.29, 1.82) is 0 Å². The highest BCUT2D eigenvalue weighted by molar-refractivity contribution is 5.89. The van der Waals surface area contributed by atoms with Gasteiger partial charge in [-0.1, -0.05) is 19.8 Å². The highest BCUT2D eigenvalue weighted by atomic mass is 16.3. The Balaban J connectivity index is 1.93. The molecular formula is C14H20N2O3. The van der Waals surface area contributed by atoms with Gasteiger partial charge in [-0.25, -0.2) is 4.79 Å². The number of amides is 2. The van der Waals surface area contributed by atoms with Gasteiger partial charge in [0, 0.05) is 29.9 Å². The molecular weight excluding hydrogens is 244 g/mol. The fourth-order valence-corrected chi connectivity index (χ4v) is 2.53. The zero-order valence-electron chi connectivity index (χ0n) is 11.0. The maximum Gasteiger partial charge on any atom is 0.319 e. The standard InChI is InChI=1S/C14H20N2O3/c1-9-4-2-3-5-13(9)16-14(19)15-10-6-11(17)8-12(18)7-10/h6-9,13,17-18H,2-5H2,1H3,(H2,15,16,19). The van der Waals surface area contributed by atoms with Gasteiger partial charge in [-0.2, -0.15) is 0 Å². The van der Waals surface area contributed by atoms with Gasteiger partial charge in [0.1, 0.15) is 11.5 Å². The van der Waals surface area contributed by atoms with E-state index < -0.39 is 0 Å². The van der Waals surface area contributed by atoms with Gasteiger partial charge in [-0.05, 0) is 18.8 Å². The second-order valence-electron chi connectivity index (χ2n) is 5.20. The third-order valence-corrected chi connectivity index (χ3v) is 3.59. The van der Waals surface area contributed by atoms with Crippen LogP contribution in [0.5, 0.6) is 11.5 Å². The molecule has 2 amide bonds. The summed E-state index contributed by atoms with van der Waals surface area (Å²) in [6, 6.07) is 3.89. The van der Waals surface area contributed by atoms with Crippen LogP contribution in [0, 0.1) is 5.92 Å². The number of anilines is 1. The molecule has 0 bridgehead atoms. The van der Waals surface area contributed by atoms with Crippen LogP contribution in [0.3, 0.4) is 0 Å². The van der Waals surface area contributed by atoms with Crippen molar-refractivity contribution in [1.82, 2.24) is 5.32 Å². The summed E-state index contributed by atoms with van der Waals surface area (Å²) in [4.78, 5) is 11.9. The first kappa shape index (κ1) is 13.5. The van der Waals surface area contributed by atoms with E-state index in [2.05, 4.69) is 17.6 Å². The second-order valence-corrected chi connectivity index (χ2v) is 5.20. The van der Waals surface area contributed by atoms with Crippen LogP contribution < -0.4 is 10.6 Å².